The van der Waals surface area contributed by atoms with E-state index in [2.05, 4.69) is 4.98 Å². The van der Waals surface area contributed by atoms with Crippen molar-refractivity contribution in [1.82, 2.24) is 9.88 Å². The van der Waals surface area contributed by atoms with Gasteiger partial charge in [0.25, 0.3) is 0 Å². The van der Waals surface area contributed by atoms with Gasteiger partial charge in [-0.05, 0) is 25.5 Å². The first kappa shape index (κ1) is 19.2. The molecule has 138 valence electrons. The second-order valence-electron chi connectivity index (χ2n) is 5.92. The van der Waals surface area contributed by atoms with Gasteiger partial charge in [0.2, 0.25) is 5.88 Å². The minimum atomic E-state index is -1.21. The summed E-state index contributed by atoms with van der Waals surface area (Å²) in [5.41, 5.74) is 1.19. The summed E-state index contributed by atoms with van der Waals surface area (Å²) < 4.78 is 10.3. The zero-order chi connectivity index (χ0) is 19.1. The molecule has 0 bridgehead atoms. The van der Waals surface area contributed by atoms with E-state index in [0.29, 0.717) is 11.4 Å². The predicted molar refractivity (Wildman–Crippen MR) is 94.8 cm³/mol. The smallest absolute Gasteiger partial charge is 0.411 e. The van der Waals surface area contributed by atoms with Crippen molar-refractivity contribution in [2.45, 2.75) is 32.5 Å². The molecule has 0 saturated carbocycles. The fraction of sp³-hybridized carbons (Fsp3) is 0.316. The molecule has 0 aliphatic heterocycles. The topological polar surface area (TPSA) is 89.0 Å². The van der Waals surface area contributed by atoms with Gasteiger partial charge in [-0.15, -0.1) is 0 Å². The van der Waals surface area contributed by atoms with Crippen molar-refractivity contribution in [1.29, 1.82) is 0 Å². The molecule has 7 heteroatoms. The molecule has 26 heavy (non-hydrogen) atoms. The minimum Gasteiger partial charge on any atom is -0.481 e. The van der Waals surface area contributed by atoms with E-state index in [4.69, 9.17) is 9.47 Å². The summed E-state index contributed by atoms with van der Waals surface area (Å²) in [6.07, 6.45) is 0.685. The number of carbonyl (C=O) groups is 2. The summed E-state index contributed by atoms with van der Waals surface area (Å²) in [7, 11) is 1.47. The Labute approximate surface area is 152 Å². The Hall–Kier alpha value is -3.09. The molecule has 2 aromatic rings. The van der Waals surface area contributed by atoms with Crippen molar-refractivity contribution in [3.8, 4) is 5.88 Å². The molecule has 1 aromatic heterocycles. The lowest BCUT2D eigenvalue weighted by atomic mass is 10.1. The van der Waals surface area contributed by atoms with Crippen LogP contribution in [-0.2, 0) is 16.1 Å². The summed E-state index contributed by atoms with van der Waals surface area (Å²) in [6, 6.07) is 10.7. The van der Waals surface area contributed by atoms with Crippen molar-refractivity contribution in [3.63, 3.8) is 0 Å². The number of amides is 1. The standard InChI is InChI=1S/C19H22N2O5/c1-13(2)21(19(24)26-12-14-7-5-4-6-8-14)17(18(22)23)15-9-10-16(25-3)20-11-15/h4-11,13,17H,12H2,1-3H3,(H,22,23). The van der Waals surface area contributed by atoms with Crippen LogP contribution in [0.1, 0.15) is 31.0 Å². The highest BCUT2D eigenvalue weighted by molar-refractivity contribution is 5.81. The maximum atomic E-state index is 12.6. The first-order valence-corrected chi connectivity index (χ1v) is 8.15. The predicted octanol–water partition coefficient (Wildman–Crippen LogP) is 3.26. The monoisotopic (exact) mass is 358 g/mol. The SMILES string of the molecule is COc1ccc(C(C(=O)O)N(C(=O)OCc2ccccc2)C(C)C)cn1. The van der Waals surface area contributed by atoms with Crippen LogP contribution >= 0.6 is 0 Å². The summed E-state index contributed by atoms with van der Waals surface area (Å²) in [5.74, 6) is -0.803. The molecule has 0 fully saturated rings. The molecule has 2 rings (SSSR count). The highest BCUT2D eigenvalue weighted by atomic mass is 16.6. The van der Waals surface area contributed by atoms with Crippen LogP contribution < -0.4 is 4.74 Å². The van der Waals surface area contributed by atoms with Crippen molar-refractivity contribution in [2.24, 2.45) is 0 Å². The molecule has 1 aromatic carbocycles. The molecule has 1 unspecified atom stereocenters. The van der Waals surface area contributed by atoms with Crippen LogP contribution in [-0.4, -0.2) is 40.2 Å². The lowest BCUT2D eigenvalue weighted by Gasteiger charge is -2.31. The number of methoxy groups -OCH3 is 1. The Bertz CT molecular complexity index is 731. The average Bonchev–Trinajstić information content (AvgIpc) is 2.64. The third-order valence-electron chi connectivity index (χ3n) is 3.77. The van der Waals surface area contributed by atoms with Crippen LogP contribution in [0, 0.1) is 0 Å². The molecule has 7 nitrogen and oxygen atoms in total. The largest absolute Gasteiger partial charge is 0.481 e. The van der Waals surface area contributed by atoms with Crippen LogP contribution in [0.5, 0.6) is 5.88 Å². The van der Waals surface area contributed by atoms with E-state index in [-0.39, 0.29) is 12.6 Å². The fourth-order valence-electron chi connectivity index (χ4n) is 2.50. The normalized spacial score (nSPS) is 11.7. The number of carboxylic acids is 1. The number of aliphatic carboxylic acids is 1. The zero-order valence-corrected chi connectivity index (χ0v) is 15.0. The molecule has 1 amide bonds. The van der Waals surface area contributed by atoms with Gasteiger partial charge < -0.3 is 14.6 Å². The molecule has 1 N–H and O–H groups in total. The summed E-state index contributed by atoms with van der Waals surface area (Å²) >= 11 is 0. The fourth-order valence-corrected chi connectivity index (χ4v) is 2.50. The molecular formula is C19H22N2O5. The number of pyridine rings is 1. The molecule has 0 aliphatic carbocycles. The van der Waals surface area contributed by atoms with E-state index in [0.717, 1.165) is 5.56 Å². The molecule has 1 heterocycles. The van der Waals surface area contributed by atoms with Crippen LogP contribution in [0.25, 0.3) is 0 Å². The lowest BCUT2D eigenvalue weighted by molar-refractivity contribution is -0.143. The van der Waals surface area contributed by atoms with E-state index < -0.39 is 18.1 Å². The maximum Gasteiger partial charge on any atom is 0.411 e. The second kappa shape index (κ2) is 8.84. The van der Waals surface area contributed by atoms with Crippen molar-refractivity contribution in [2.75, 3.05) is 7.11 Å². The van der Waals surface area contributed by atoms with E-state index in [1.165, 1.54) is 18.2 Å². The Kier molecular flexibility index (Phi) is 6.54. The number of carbonyl (C=O) groups excluding carboxylic acids is 1. The molecule has 0 radical (unpaired) electrons. The number of ether oxygens (including phenoxy) is 2. The van der Waals surface area contributed by atoms with Crippen LogP contribution in [0.4, 0.5) is 4.79 Å². The van der Waals surface area contributed by atoms with E-state index in [1.54, 1.807) is 26.0 Å². The third kappa shape index (κ3) is 4.72. The maximum absolute atomic E-state index is 12.6. The van der Waals surface area contributed by atoms with E-state index >= 15 is 0 Å². The first-order valence-electron chi connectivity index (χ1n) is 8.15. The molecule has 1 atom stereocenters. The van der Waals surface area contributed by atoms with Gasteiger partial charge in [0.15, 0.2) is 6.04 Å². The van der Waals surface area contributed by atoms with Crippen LogP contribution in [0.3, 0.4) is 0 Å². The van der Waals surface area contributed by atoms with Gasteiger partial charge in [0.05, 0.1) is 7.11 Å². The van der Waals surface area contributed by atoms with Gasteiger partial charge in [0, 0.05) is 23.9 Å². The van der Waals surface area contributed by atoms with Gasteiger partial charge >= 0.3 is 12.1 Å². The number of aromatic nitrogens is 1. The average molecular weight is 358 g/mol. The number of hydrogen-bond donors (Lipinski definition) is 1. The van der Waals surface area contributed by atoms with E-state index in [9.17, 15) is 14.7 Å². The molecular weight excluding hydrogens is 336 g/mol. The zero-order valence-electron chi connectivity index (χ0n) is 15.0. The Balaban J connectivity index is 2.22. The second-order valence-corrected chi connectivity index (χ2v) is 5.92. The molecule has 0 spiro atoms. The number of nitrogens with zero attached hydrogens (tertiary/aromatic N) is 2. The van der Waals surface area contributed by atoms with E-state index in [1.807, 2.05) is 30.3 Å². The lowest BCUT2D eigenvalue weighted by Crippen LogP contribution is -2.43. The van der Waals surface area contributed by atoms with Gasteiger partial charge in [0.1, 0.15) is 6.61 Å². The highest BCUT2D eigenvalue weighted by Gasteiger charge is 2.34. The third-order valence-corrected chi connectivity index (χ3v) is 3.77. The van der Waals surface area contributed by atoms with Crippen LogP contribution in [0.2, 0.25) is 0 Å². The minimum absolute atomic E-state index is 0.0656. The Morgan fingerprint density at radius 2 is 1.85 bits per heavy atom. The number of carboxylic acid groups (broad SMARTS) is 1. The molecule has 0 saturated heterocycles. The number of rotatable bonds is 7. The van der Waals surface area contributed by atoms with Gasteiger partial charge in [-0.1, -0.05) is 30.3 Å². The Morgan fingerprint density at radius 3 is 2.35 bits per heavy atom. The highest BCUT2D eigenvalue weighted by Crippen LogP contribution is 2.25. The van der Waals surface area contributed by atoms with Crippen molar-refractivity contribution >= 4 is 12.1 Å². The van der Waals surface area contributed by atoms with Gasteiger partial charge in [-0.25, -0.2) is 14.6 Å². The summed E-state index contributed by atoms with van der Waals surface area (Å²) in [6.45, 7) is 3.53. The first-order chi connectivity index (χ1) is 12.4. The quantitative estimate of drug-likeness (QED) is 0.817. The van der Waals surface area contributed by atoms with Crippen molar-refractivity contribution < 1.29 is 24.2 Å². The van der Waals surface area contributed by atoms with Gasteiger partial charge in [-0.3, -0.25) is 4.90 Å². The molecule has 0 aliphatic rings. The number of hydrogen-bond acceptors (Lipinski definition) is 5. The number of benzene rings is 1. The van der Waals surface area contributed by atoms with Crippen molar-refractivity contribution in [3.05, 3.63) is 59.8 Å². The Morgan fingerprint density at radius 1 is 1.15 bits per heavy atom. The summed E-state index contributed by atoms with van der Waals surface area (Å²) in [5, 5.41) is 9.70. The van der Waals surface area contributed by atoms with Crippen LogP contribution in [0.15, 0.2) is 48.7 Å². The van der Waals surface area contributed by atoms with Gasteiger partial charge in [-0.2, -0.15) is 0 Å². The summed E-state index contributed by atoms with van der Waals surface area (Å²) in [4.78, 5) is 29.7.